The van der Waals surface area contributed by atoms with Crippen molar-refractivity contribution < 1.29 is 13.9 Å². The molecule has 1 aliphatic rings. The summed E-state index contributed by atoms with van der Waals surface area (Å²) in [6, 6.07) is 6.19. The van der Waals surface area contributed by atoms with Gasteiger partial charge in [-0.2, -0.15) is 0 Å². The Labute approximate surface area is 222 Å². The molecule has 1 aromatic heterocycles. The Hall–Kier alpha value is -3.10. The molecule has 1 atom stereocenters. The predicted molar refractivity (Wildman–Crippen MR) is 148 cm³/mol. The van der Waals surface area contributed by atoms with E-state index in [4.69, 9.17) is 23.8 Å². The van der Waals surface area contributed by atoms with Gasteiger partial charge in [-0.15, -0.1) is 0 Å². The minimum absolute atomic E-state index is 0.231. The maximum atomic E-state index is 14.7. The predicted octanol–water partition coefficient (Wildman–Crippen LogP) is 6.26. The number of hydrogen-bond donors (Lipinski definition) is 2. The lowest BCUT2D eigenvalue weighted by Gasteiger charge is -2.24. The normalized spacial score (nSPS) is 14.8. The SMILES string of the molecule is C=CN=CC1=C(CC)CCc2c(F)cccc2C1NC(=S)NCc1ncc(C(=O)OC)cc1Cl.CC. The Kier molecular flexibility index (Phi) is 11.7. The molecule has 1 heterocycles. The fourth-order valence-electron chi connectivity index (χ4n) is 3.91. The van der Waals surface area contributed by atoms with Crippen molar-refractivity contribution in [2.45, 2.75) is 52.6 Å². The van der Waals surface area contributed by atoms with E-state index in [1.165, 1.54) is 37.2 Å². The third-order valence-electron chi connectivity index (χ3n) is 5.64. The largest absolute Gasteiger partial charge is 0.465 e. The minimum Gasteiger partial charge on any atom is -0.465 e. The third kappa shape index (κ3) is 7.21. The summed E-state index contributed by atoms with van der Waals surface area (Å²) in [5, 5.41) is 7.08. The molecule has 0 spiro atoms. The number of allylic oxidation sites excluding steroid dienone is 1. The molecule has 1 unspecified atom stereocenters. The van der Waals surface area contributed by atoms with Crippen LogP contribution in [0.3, 0.4) is 0 Å². The number of carbonyl (C=O) groups excluding carboxylic acids is 1. The van der Waals surface area contributed by atoms with E-state index in [-0.39, 0.29) is 17.9 Å². The third-order valence-corrected chi connectivity index (χ3v) is 6.23. The smallest absolute Gasteiger partial charge is 0.339 e. The topological polar surface area (TPSA) is 75.6 Å². The maximum absolute atomic E-state index is 14.7. The molecule has 0 saturated carbocycles. The number of hydrogen-bond acceptors (Lipinski definition) is 5. The van der Waals surface area contributed by atoms with Crippen LogP contribution in [0.25, 0.3) is 0 Å². The number of benzene rings is 1. The highest BCUT2D eigenvalue weighted by atomic mass is 35.5. The monoisotopic (exact) mass is 530 g/mol. The Morgan fingerprint density at radius 2 is 2.14 bits per heavy atom. The van der Waals surface area contributed by atoms with Gasteiger partial charge in [0.15, 0.2) is 5.11 Å². The summed E-state index contributed by atoms with van der Waals surface area (Å²) in [6.45, 7) is 9.97. The quantitative estimate of drug-likeness (QED) is 0.250. The van der Waals surface area contributed by atoms with Crippen molar-refractivity contribution in [2.24, 2.45) is 4.99 Å². The average Bonchev–Trinajstić information content (AvgIpc) is 3.04. The van der Waals surface area contributed by atoms with Gasteiger partial charge in [0, 0.05) is 18.6 Å². The lowest BCUT2D eigenvalue weighted by Crippen LogP contribution is -2.39. The van der Waals surface area contributed by atoms with Crippen LogP contribution in [0, 0.1) is 5.82 Å². The first-order chi connectivity index (χ1) is 17.4. The lowest BCUT2D eigenvalue weighted by molar-refractivity contribution is 0.0600. The summed E-state index contributed by atoms with van der Waals surface area (Å²) in [7, 11) is 1.29. The summed E-state index contributed by atoms with van der Waals surface area (Å²) in [5.74, 6) is -0.750. The van der Waals surface area contributed by atoms with Crippen LogP contribution in [0.1, 0.15) is 66.8 Å². The standard InChI is InChI=1S/C25H26ClFN4O2S.C2H6/c1-4-15-9-10-17-18(7-6-8-21(17)27)23(19(15)13-28-5-2)31-25(34)30-14-22-20(26)11-16(12-29-22)24(32)33-3;1-2/h5-8,11-13,23H,2,4,9-10,14H2,1,3H3,(H2,30,31,34);1-2H3. The number of nitrogens with one attached hydrogen (secondary N) is 2. The first-order valence-electron chi connectivity index (χ1n) is 11.8. The molecule has 0 bridgehead atoms. The second kappa shape index (κ2) is 14.5. The summed E-state index contributed by atoms with van der Waals surface area (Å²) in [6.07, 6.45) is 6.76. The second-order valence-corrected chi connectivity index (χ2v) is 8.40. The van der Waals surface area contributed by atoms with Gasteiger partial charge < -0.3 is 15.4 Å². The first-order valence-corrected chi connectivity index (χ1v) is 12.6. The number of pyridine rings is 1. The molecule has 2 aromatic rings. The van der Waals surface area contributed by atoms with Crippen LogP contribution < -0.4 is 10.6 Å². The van der Waals surface area contributed by atoms with Crippen molar-refractivity contribution in [3.63, 3.8) is 0 Å². The number of thiocarbonyl (C=S) groups is 1. The Morgan fingerprint density at radius 3 is 2.78 bits per heavy atom. The number of esters is 1. The number of fused-ring (bicyclic) bond motifs is 1. The maximum Gasteiger partial charge on any atom is 0.339 e. The number of carbonyl (C=O) groups is 1. The van der Waals surface area contributed by atoms with Gasteiger partial charge in [0.05, 0.1) is 36.0 Å². The summed E-state index contributed by atoms with van der Waals surface area (Å²) < 4.78 is 19.4. The van der Waals surface area contributed by atoms with E-state index in [0.717, 1.165) is 24.0 Å². The molecule has 1 aliphatic carbocycles. The van der Waals surface area contributed by atoms with Crippen LogP contribution in [-0.4, -0.2) is 29.4 Å². The van der Waals surface area contributed by atoms with E-state index in [1.54, 1.807) is 12.3 Å². The summed E-state index contributed by atoms with van der Waals surface area (Å²) in [4.78, 5) is 20.1. The van der Waals surface area contributed by atoms with Gasteiger partial charge in [-0.25, -0.2) is 9.18 Å². The molecular weight excluding hydrogens is 499 g/mol. The average molecular weight is 531 g/mol. The molecule has 9 heteroatoms. The minimum atomic E-state index is -0.516. The number of aliphatic imine (C=N–C) groups is 1. The van der Waals surface area contributed by atoms with Gasteiger partial charge in [0.25, 0.3) is 0 Å². The highest BCUT2D eigenvalue weighted by Gasteiger charge is 2.27. The van der Waals surface area contributed by atoms with Gasteiger partial charge in [-0.05, 0) is 60.3 Å². The van der Waals surface area contributed by atoms with Gasteiger partial charge in [0.2, 0.25) is 0 Å². The first kappa shape index (κ1) is 29.1. The molecule has 36 heavy (non-hydrogen) atoms. The lowest BCUT2D eigenvalue weighted by atomic mass is 9.94. The number of nitrogens with zero attached hydrogens (tertiary/aromatic N) is 2. The summed E-state index contributed by atoms with van der Waals surface area (Å²) in [5.41, 5.74) is 4.37. The van der Waals surface area contributed by atoms with Crippen LogP contribution in [0.15, 0.2) is 59.4 Å². The van der Waals surface area contributed by atoms with Crippen LogP contribution in [-0.2, 0) is 17.7 Å². The van der Waals surface area contributed by atoms with E-state index in [9.17, 15) is 9.18 Å². The van der Waals surface area contributed by atoms with Crippen LogP contribution >= 0.6 is 23.8 Å². The fraction of sp³-hybridized carbons (Fsp3) is 0.333. The van der Waals surface area contributed by atoms with Gasteiger partial charge in [-0.1, -0.05) is 56.7 Å². The van der Waals surface area contributed by atoms with E-state index in [0.29, 0.717) is 27.8 Å². The van der Waals surface area contributed by atoms with Crippen molar-refractivity contribution in [2.75, 3.05) is 7.11 Å². The van der Waals surface area contributed by atoms with Gasteiger partial charge in [-0.3, -0.25) is 9.98 Å². The highest BCUT2D eigenvalue weighted by Crippen LogP contribution is 2.35. The van der Waals surface area contributed by atoms with E-state index < -0.39 is 12.0 Å². The molecular formula is C27H32ClFN4O2S. The zero-order valence-corrected chi connectivity index (χ0v) is 22.6. The second-order valence-electron chi connectivity index (χ2n) is 7.58. The molecule has 0 aliphatic heterocycles. The zero-order chi connectivity index (χ0) is 26.7. The molecule has 192 valence electrons. The molecule has 6 nitrogen and oxygen atoms in total. The number of ether oxygens (including phenoxy) is 1. The molecule has 2 N–H and O–H groups in total. The molecule has 3 rings (SSSR count). The van der Waals surface area contributed by atoms with E-state index >= 15 is 0 Å². The van der Waals surface area contributed by atoms with Crippen molar-refractivity contribution in [3.05, 3.63) is 87.6 Å². The Bertz CT molecular complexity index is 1170. The van der Waals surface area contributed by atoms with Crippen LogP contribution in [0.2, 0.25) is 5.02 Å². The molecule has 1 aromatic carbocycles. The van der Waals surface area contributed by atoms with Gasteiger partial charge in [0.1, 0.15) is 5.82 Å². The van der Waals surface area contributed by atoms with Crippen molar-refractivity contribution >= 4 is 41.1 Å². The van der Waals surface area contributed by atoms with Gasteiger partial charge >= 0.3 is 5.97 Å². The molecule has 0 radical (unpaired) electrons. The summed E-state index contributed by atoms with van der Waals surface area (Å²) >= 11 is 11.8. The zero-order valence-electron chi connectivity index (χ0n) is 21.0. The Morgan fingerprint density at radius 1 is 1.39 bits per heavy atom. The van der Waals surface area contributed by atoms with Crippen molar-refractivity contribution in [1.29, 1.82) is 0 Å². The van der Waals surface area contributed by atoms with E-state index in [2.05, 4.69) is 38.8 Å². The van der Waals surface area contributed by atoms with Crippen molar-refractivity contribution in [1.82, 2.24) is 15.6 Å². The van der Waals surface area contributed by atoms with E-state index in [1.807, 2.05) is 19.9 Å². The van der Waals surface area contributed by atoms with Crippen LogP contribution in [0.5, 0.6) is 0 Å². The Balaban J connectivity index is 0.00000222. The molecule has 0 amide bonds. The molecule has 0 saturated heterocycles. The molecule has 0 fully saturated rings. The number of halogens is 2. The number of aromatic nitrogens is 1. The number of methoxy groups -OCH3 is 1. The number of rotatable bonds is 7. The van der Waals surface area contributed by atoms with Crippen molar-refractivity contribution in [3.8, 4) is 0 Å². The highest BCUT2D eigenvalue weighted by molar-refractivity contribution is 7.80. The van der Waals surface area contributed by atoms with Crippen LogP contribution in [0.4, 0.5) is 4.39 Å². The fourth-order valence-corrected chi connectivity index (χ4v) is 4.33.